The summed E-state index contributed by atoms with van der Waals surface area (Å²) in [5, 5.41) is 14.7. The van der Waals surface area contributed by atoms with Crippen LogP contribution in [0.15, 0.2) is 72.8 Å². The lowest BCUT2D eigenvalue weighted by molar-refractivity contribution is -0.136. The van der Waals surface area contributed by atoms with E-state index in [0.29, 0.717) is 17.0 Å². The smallest absolute Gasteiger partial charge is 0.313 e. The zero-order chi connectivity index (χ0) is 20.8. The summed E-state index contributed by atoms with van der Waals surface area (Å²) < 4.78 is 5.77. The van der Waals surface area contributed by atoms with Crippen LogP contribution in [0.3, 0.4) is 0 Å². The Kier molecular flexibility index (Phi) is 6.14. The number of nitrogens with one attached hydrogen (secondary N) is 2. The van der Waals surface area contributed by atoms with E-state index in [1.165, 1.54) is 12.1 Å². The number of carbonyl (C=O) groups excluding carboxylic acids is 2. The van der Waals surface area contributed by atoms with Gasteiger partial charge in [-0.3, -0.25) is 9.59 Å². The number of ether oxygens (including phenoxy) is 1. The number of rotatable bonds is 5. The van der Waals surface area contributed by atoms with Crippen LogP contribution >= 0.6 is 0 Å². The van der Waals surface area contributed by atoms with Crippen molar-refractivity contribution in [2.24, 2.45) is 0 Å². The van der Waals surface area contributed by atoms with Crippen molar-refractivity contribution >= 4 is 17.5 Å². The van der Waals surface area contributed by atoms with E-state index in [9.17, 15) is 14.7 Å². The van der Waals surface area contributed by atoms with Gasteiger partial charge < -0.3 is 20.5 Å². The fraction of sp³-hybridized carbons (Fsp3) is 0.130. The van der Waals surface area contributed by atoms with E-state index in [0.717, 1.165) is 11.3 Å². The van der Waals surface area contributed by atoms with Crippen LogP contribution in [0, 0.1) is 6.92 Å². The van der Waals surface area contributed by atoms with Gasteiger partial charge in [-0.2, -0.15) is 0 Å². The summed E-state index contributed by atoms with van der Waals surface area (Å²) in [6.45, 7) is 3.72. The highest BCUT2D eigenvalue weighted by molar-refractivity contribution is 6.39. The molecule has 1 atom stereocenters. The lowest BCUT2D eigenvalue weighted by Gasteiger charge is -2.14. The summed E-state index contributed by atoms with van der Waals surface area (Å²) in [5.41, 5.74) is 2.27. The normalized spacial score (nSPS) is 11.4. The fourth-order valence-corrected chi connectivity index (χ4v) is 2.75. The predicted molar refractivity (Wildman–Crippen MR) is 111 cm³/mol. The Morgan fingerprint density at radius 3 is 2.31 bits per heavy atom. The second kappa shape index (κ2) is 8.93. The molecular weight excluding hydrogens is 368 g/mol. The summed E-state index contributed by atoms with van der Waals surface area (Å²) in [5.74, 6) is -0.0936. The van der Waals surface area contributed by atoms with E-state index in [2.05, 4.69) is 10.6 Å². The Labute approximate surface area is 169 Å². The molecule has 0 aliphatic heterocycles. The molecule has 3 aromatic rings. The second-order valence-electron chi connectivity index (χ2n) is 6.69. The molecule has 148 valence electrons. The molecule has 0 spiro atoms. The van der Waals surface area contributed by atoms with Crippen molar-refractivity contribution in [1.29, 1.82) is 0 Å². The largest absolute Gasteiger partial charge is 0.508 e. The van der Waals surface area contributed by atoms with Crippen LogP contribution in [0.2, 0.25) is 0 Å². The Morgan fingerprint density at radius 1 is 0.897 bits per heavy atom. The Hall–Kier alpha value is -3.80. The average molecular weight is 390 g/mol. The molecule has 0 heterocycles. The molecule has 6 nitrogen and oxygen atoms in total. The van der Waals surface area contributed by atoms with Gasteiger partial charge in [-0.1, -0.05) is 24.3 Å². The summed E-state index contributed by atoms with van der Waals surface area (Å²) in [7, 11) is 0. The van der Waals surface area contributed by atoms with E-state index in [1.54, 1.807) is 43.3 Å². The molecule has 0 saturated carbocycles. The number of carbonyl (C=O) groups is 2. The van der Waals surface area contributed by atoms with Gasteiger partial charge in [0.1, 0.15) is 17.2 Å². The van der Waals surface area contributed by atoms with E-state index in [4.69, 9.17) is 4.74 Å². The quantitative estimate of drug-likeness (QED) is 0.567. The maximum absolute atomic E-state index is 12.2. The third-order valence-electron chi connectivity index (χ3n) is 4.26. The lowest BCUT2D eigenvalue weighted by Crippen LogP contribution is -2.36. The van der Waals surface area contributed by atoms with Crippen molar-refractivity contribution in [3.8, 4) is 17.2 Å². The molecule has 3 aromatic carbocycles. The topological polar surface area (TPSA) is 87.7 Å². The highest BCUT2D eigenvalue weighted by Crippen LogP contribution is 2.24. The predicted octanol–water partition coefficient (Wildman–Crippen LogP) is 4.31. The number of anilines is 1. The first kappa shape index (κ1) is 19.9. The zero-order valence-corrected chi connectivity index (χ0v) is 16.2. The van der Waals surface area contributed by atoms with Crippen LogP contribution in [-0.2, 0) is 9.59 Å². The maximum Gasteiger partial charge on any atom is 0.313 e. The van der Waals surface area contributed by atoms with Gasteiger partial charge in [0, 0.05) is 5.69 Å². The molecule has 6 heteroatoms. The third-order valence-corrected chi connectivity index (χ3v) is 4.26. The van der Waals surface area contributed by atoms with Gasteiger partial charge in [-0.25, -0.2) is 0 Å². The van der Waals surface area contributed by atoms with Crippen molar-refractivity contribution in [3.05, 3.63) is 83.9 Å². The van der Waals surface area contributed by atoms with Gasteiger partial charge in [0.15, 0.2) is 0 Å². The molecule has 0 fully saturated rings. The van der Waals surface area contributed by atoms with Gasteiger partial charge in [0.05, 0.1) is 6.04 Å². The van der Waals surface area contributed by atoms with E-state index < -0.39 is 17.9 Å². The molecule has 0 saturated heterocycles. The molecule has 1 unspecified atom stereocenters. The maximum atomic E-state index is 12.2. The molecule has 3 rings (SSSR count). The minimum atomic E-state index is -0.774. The standard InChI is InChI=1S/C23H22N2O4/c1-15-5-3-8-21(13-15)29-20-11-9-18(10-12-20)25-23(28)22(27)24-16(2)17-6-4-7-19(26)14-17/h3-14,16,26H,1-2H3,(H,24,27)(H,25,28). The number of amides is 2. The zero-order valence-electron chi connectivity index (χ0n) is 16.2. The first-order valence-electron chi connectivity index (χ1n) is 9.16. The van der Waals surface area contributed by atoms with Crippen molar-refractivity contribution in [2.75, 3.05) is 5.32 Å². The van der Waals surface area contributed by atoms with Crippen LogP contribution in [0.4, 0.5) is 5.69 Å². The first-order chi connectivity index (χ1) is 13.9. The molecule has 0 aliphatic rings. The van der Waals surface area contributed by atoms with E-state index in [1.807, 2.05) is 31.2 Å². The minimum absolute atomic E-state index is 0.0982. The minimum Gasteiger partial charge on any atom is -0.508 e. The van der Waals surface area contributed by atoms with Crippen LogP contribution in [0.25, 0.3) is 0 Å². The molecule has 3 N–H and O–H groups in total. The molecular formula is C23H22N2O4. The lowest BCUT2D eigenvalue weighted by atomic mass is 10.1. The molecule has 0 aromatic heterocycles. The van der Waals surface area contributed by atoms with Crippen LogP contribution in [-0.4, -0.2) is 16.9 Å². The number of phenols is 1. The Bertz CT molecular complexity index is 1020. The van der Waals surface area contributed by atoms with Crippen molar-refractivity contribution in [1.82, 2.24) is 5.32 Å². The van der Waals surface area contributed by atoms with E-state index >= 15 is 0 Å². The summed E-state index contributed by atoms with van der Waals surface area (Å²) >= 11 is 0. The van der Waals surface area contributed by atoms with Crippen LogP contribution < -0.4 is 15.4 Å². The SMILES string of the molecule is Cc1cccc(Oc2ccc(NC(=O)C(=O)NC(C)c3cccc(O)c3)cc2)c1. The number of aromatic hydroxyl groups is 1. The second-order valence-corrected chi connectivity index (χ2v) is 6.69. The molecule has 0 aliphatic carbocycles. The van der Waals surface area contributed by atoms with Gasteiger partial charge in [0.2, 0.25) is 0 Å². The van der Waals surface area contributed by atoms with Crippen molar-refractivity contribution in [2.45, 2.75) is 19.9 Å². The van der Waals surface area contributed by atoms with Gasteiger partial charge in [-0.15, -0.1) is 0 Å². The number of phenolic OH excluding ortho intramolecular Hbond substituents is 1. The van der Waals surface area contributed by atoms with Gasteiger partial charge in [-0.05, 0) is 73.5 Å². The van der Waals surface area contributed by atoms with Crippen LogP contribution in [0.1, 0.15) is 24.1 Å². The molecule has 2 amide bonds. The monoisotopic (exact) mass is 390 g/mol. The van der Waals surface area contributed by atoms with Gasteiger partial charge >= 0.3 is 11.8 Å². The highest BCUT2D eigenvalue weighted by Gasteiger charge is 2.17. The fourth-order valence-electron chi connectivity index (χ4n) is 2.75. The molecule has 0 bridgehead atoms. The Balaban J connectivity index is 1.56. The molecule has 29 heavy (non-hydrogen) atoms. The highest BCUT2D eigenvalue weighted by atomic mass is 16.5. The summed E-state index contributed by atoms with van der Waals surface area (Å²) in [6, 6.07) is 20.5. The number of aryl methyl sites for hydroxylation is 1. The number of hydrogen-bond acceptors (Lipinski definition) is 4. The van der Waals surface area contributed by atoms with Crippen molar-refractivity contribution in [3.63, 3.8) is 0 Å². The summed E-state index contributed by atoms with van der Waals surface area (Å²) in [6.07, 6.45) is 0. The van der Waals surface area contributed by atoms with Crippen LogP contribution in [0.5, 0.6) is 17.2 Å². The number of benzene rings is 3. The first-order valence-corrected chi connectivity index (χ1v) is 9.16. The number of hydrogen-bond donors (Lipinski definition) is 3. The van der Waals surface area contributed by atoms with E-state index in [-0.39, 0.29) is 5.75 Å². The average Bonchev–Trinajstić information content (AvgIpc) is 2.69. The third kappa shape index (κ3) is 5.59. The Morgan fingerprint density at radius 2 is 1.62 bits per heavy atom. The molecule has 0 radical (unpaired) electrons. The van der Waals surface area contributed by atoms with Crippen molar-refractivity contribution < 1.29 is 19.4 Å². The summed E-state index contributed by atoms with van der Waals surface area (Å²) in [4.78, 5) is 24.3. The van der Waals surface area contributed by atoms with Gasteiger partial charge in [0.25, 0.3) is 0 Å².